The maximum Gasteiger partial charge on any atom is 0.111 e. The van der Waals surface area contributed by atoms with E-state index in [0.29, 0.717) is 0 Å². The van der Waals surface area contributed by atoms with Crippen molar-refractivity contribution in [2.75, 3.05) is 6.54 Å². The van der Waals surface area contributed by atoms with Gasteiger partial charge in [0.05, 0.1) is 6.26 Å². The van der Waals surface area contributed by atoms with Crippen LogP contribution in [0.5, 0.6) is 0 Å². The first kappa shape index (κ1) is 8.32. The summed E-state index contributed by atoms with van der Waals surface area (Å²) in [6.45, 7) is 0.717. The molecule has 68 valence electrons. The first-order chi connectivity index (χ1) is 6.42. The van der Waals surface area contributed by atoms with Crippen molar-refractivity contribution in [1.29, 1.82) is 0 Å². The van der Waals surface area contributed by atoms with E-state index >= 15 is 0 Å². The minimum atomic E-state index is 0.717. The minimum Gasteiger partial charge on any atom is -0.468 e. The second-order valence-electron chi connectivity index (χ2n) is 3.14. The lowest BCUT2D eigenvalue weighted by molar-refractivity contribution is 0.509. The SMILES string of the molecule is NCCCc1occ2ccccc12. The zero-order chi connectivity index (χ0) is 9.10. The number of rotatable bonds is 3. The van der Waals surface area contributed by atoms with Crippen molar-refractivity contribution in [2.24, 2.45) is 5.73 Å². The number of hydrogen-bond acceptors (Lipinski definition) is 2. The van der Waals surface area contributed by atoms with Gasteiger partial charge in [0.15, 0.2) is 0 Å². The van der Waals surface area contributed by atoms with Gasteiger partial charge in [-0.3, -0.25) is 0 Å². The molecule has 0 unspecified atom stereocenters. The summed E-state index contributed by atoms with van der Waals surface area (Å²) in [5.74, 6) is 1.06. The van der Waals surface area contributed by atoms with Gasteiger partial charge in [0.25, 0.3) is 0 Å². The molecule has 1 aromatic carbocycles. The van der Waals surface area contributed by atoms with Crippen molar-refractivity contribution >= 4 is 10.8 Å². The number of fused-ring (bicyclic) bond motifs is 1. The molecule has 0 aliphatic heterocycles. The van der Waals surface area contributed by atoms with Crippen molar-refractivity contribution in [2.45, 2.75) is 12.8 Å². The molecule has 2 rings (SSSR count). The normalized spacial score (nSPS) is 10.8. The van der Waals surface area contributed by atoms with E-state index < -0.39 is 0 Å². The van der Waals surface area contributed by atoms with Crippen LogP contribution < -0.4 is 5.73 Å². The Balaban J connectivity index is 2.35. The molecule has 2 heteroatoms. The molecule has 0 bridgehead atoms. The van der Waals surface area contributed by atoms with Crippen LogP contribution in [-0.4, -0.2) is 6.54 Å². The molecule has 0 aliphatic carbocycles. The van der Waals surface area contributed by atoms with Gasteiger partial charge >= 0.3 is 0 Å². The highest BCUT2D eigenvalue weighted by molar-refractivity contribution is 5.83. The summed E-state index contributed by atoms with van der Waals surface area (Å²) in [6.07, 6.45) is 3.72. The Hall–Kier alpha value is -1.28. The van der Waals surface area contributed by atoms with Gasteiger partial charge in [-0.1, -0.05) is 24.3 Å². The molecule has 0 fully saturated rings. The molecule has 1 heterocycles. The molecule has 0 saturated carbocycles. The second kappa shape index (κ2) is 3.62. The third-order valence-corrected chi connectivity index (χ3v) is 2.20. The summed E-state index contributed by atoms with van der Waals surface area (Å²) in [5, 5.41) is 2.39. The van der Waals surface area contributed by atoms with E-state index in [0.717, 1.165) is 25.1 Å². The van der Waals surface area contributed by atoms with Gasteiger partial charge < -0.3 is 10.2 Å². The van der Waals surface area contributed by atoms with Crippen LogP contribution in [0.1, 0.15) is 12.2 Å². The van der Waals surface area contributed by atoms with Crippen LogP contribution in [0.3, 0.4) is 0 Å². The minimum absolute atomic E-state index is 0.717. The van der Waals surface area contributed by atoms with Crippen molar-refractivity contribution in [3.63, 3.8) is 0 Å². The van der Waals surface area contributed by atoms with Crippen LogP contribution in [0.4, 0.5) is 0 Å². The Morgan fingerprint density at radius 1 is 1.23 bits per heavy atom. The topological polar surface area (TPSA) is 39.2 Å². The zero-order valence-corrected chi connectivity index (χ0v) is 7.49. The van der Waals surface area contributed by atoms with Crippen LogP contribution in [-0.2, 0) is 6.42 Å². The van der Waals surface area contributed by atoms with E-state index in [2.05, 4.69) is 12.1 Å². The first-order valence-corrected chi connectivity index (χ1v) is 4.57. The van der Waals surface area contributed by atoms with Crippen molar-refractivity contribution in [3.8, 4) is 0 Å². The molecule has 2 aromatic rings. The van der Waals surface area contributed by atoms with E-state index in [1.165, 1.54) is 10.8 Å². The third kappa shape index (κ3) is 1.58. The van der Waals surface area contributed by atoms with Gasteiger partial charge in [-0.25, -0.2) is 0 Å². The molecular formula is C11H13NO. The van der Waals surface area contributed by atoms with Gasteiger partial charge in [0.2, 0.25) is 0 Å². The van der Waals surface area contributed by atoms with Crippen LogP contribution in [0.15, 0.2) is 34.9 Å². The van der Waals surface area contributed by atoms with Gasteiger partial charge in [-0.2, -0.15) is 0 Å². The van der Waals surface area contributed by atoms with E-state index in [-0.39, 0.29) is 0 Å². The summed E-state index contributed by atoms with van der Waals surface area (Å²) in [6, 6.07) is 8.20. The third-order valence-electron chi connectivity index (χ3n) is 2.20. The number of nitrogens with two attached hydrogens (primary N) is 1. The summed E-state index contributed by atoms with van der Waals surface area (Å²) >= 11 is 0. The molecule has 0 radical (unpaired) electrons. The standard InChI is InChI=1S/C11H13NO/c12-7-3-6-11-10-5-2-1-4-9(10)8-13-11/h1-2,4-5,8H,3,6-7,12H2. The maximum absolute atomic E-state index is 5.46. The molecule has 2 N–H and O–H groups in total. The Morgan fingerprint density at radius 2 is 2.08 bits per heavy atom. The van der Waals surface area contributed by atoms with E-state index in [1.54, 1.807) is 6.26 Å². The average Bonchev–Trinajstić information content (AvgIpc) is 2.58. The fourth-order valence-electron chi connectivity index (χ4n) is 1.51. The Labute approximate surface area is 77.3 Å². The zero-order valence-electron chi connectivity index (χ0n) is 7.49. The van der Waals surface area contributed by atoms with Gasteiger partial charge in [0.1, 0.15) is 5.76 Å². The van der Waals surface area contributed by atoms with Gasteiger partial charge in [-0.05, 0) is 13.0 Å². The van der Waals surface area contributed by atoms with Crippen LogP contribution in [0.2, 0.25) is 0 Å². The predicted molar refractivity (Wildman–Crippen MR) is 53.6 cm³/mol. The quantitative estimate of drug-likeness (QED) is 0.777. The van der Waals surface area contributed by atoms with Crippen molar-refractivity contribution in [1.82, 2.24) is 0 Å². The highest BCUT2D eigenvalue weighted by atomic mass is 16.3. The molecule has 2 nitrogen and oxygen atoms in total. The second-order valence-corrected chi connectivity index (χ2v) is 3.14. The molecule has 0 spiro atoms. The van der Waals surface area contributed by atoms with Crippen LogP contribution >= 0.6 is 0 Å². The number of benzene rings is 1. The molecule has 0 atom stereocenters. The molecule has 13 heavy (non-hydrogen) atoms. The average molecular weight is 175 g/mol. The molecular weight excluding hydrogens is 162 g/mol. The monoisotopic (exact) mass is 175 g/mol. The van der Waals surface area contributed by atoms with E-state index in [1.807, 2.05) is 12.1 Å². The Morgan fingerprint density at radius 3 is 2.92 bits per heavy atom. The van der Waals surface area contributed by atoms with E-state index in [9.17, 15) is 0 Å². The lowest BCUT2D eigenvalue weighted by Crippen LogP contribution is -1.99. The lowest BCUT2D eigenvalue weighted by Gasteiger charge is -1.94. The molecule has 1 aromatic heterocycles. The van der Waals surface area contributed by atoms with Crippen LogP contribution in [0.25, 0.3) is 10.8 Å². The predicted octanol–water partition coefficient (Wildman–Crippen LogP) is 2.32. The van der Waals surface area contributed by atoms with Gasteiger partial charge in [0, 0.05) is 17.2 Å². The summed E-state index contributed by atoms with van der Waals surface area (Å²) < 4.78 is 5.46. The summed E-state index contributed by atoms with van der Waals surface area (Å²) in [5.41, 5.74) is 5.45. The van der Waals surface area contributed by atoms with Crippen molar-refractivity contribution in [3.05, 3.63) is 36.3 Å². The molecule has 0 saturated heterocycles. The first-order valence-electron chi connectivity index (χ1n) is 4.57. The highest BCUT2D eigenvalue weighted by Crippen LogP contribution is 2.21. The highest BCUT2D eigenvalue weighted by Gasteiger charge is 2.03. The van der Waals surface area contributed by atoms with Gasteiger partial charge in [-0.15, -0.1) is 0 Å². The van der Waals surface area contributed by atoms with Crippen molar-refractivity contribution < 1.29 is 4.42 Å². The summed E-state index contributed by atoms with van der Waals surface area (Å²) in [4.78, 5) is 0. The number of furan rings is 1. The number of aryl methyl sites for hydroxylation is 1. The summed E-state index contributed by atoms with van der Waals surface area (Å²) in [7, 11) is 0. The van der Waals surface area contributed by atoms with Crippen LogP contribution in [0, 0.1) is 0 Å². The lowest BCUT2D eigenvalue weighted by atomic mass is 10.1. The maximum atomic E-state index is 5.46. The number of hydrogen-bond donors (Lipinski definition) is 1. The smallest absolute Gasteiger partial charge is 0.111 e. The fourth-order valence-corrected chi connectivity index (χ4v) is 1.51. The molecule has 0 aliphatic rings. The Bertz CT molecular complexity index is 392. The fraction of sp³-hybridized carbons (Fsp3) is 0.273. The molecule has 0 amide bonds. The largest absolute Gasteiger partial charge is 0.468 e. The van der Waals surface area contributed by atoms with E-state index in [4.69, 9.17) is 10.2 Å². The Kier molecular flexibility index (Phi) is 2.32.